The van der Waals surface area contributed by atoms with Crippen LogP contribution in [-0.2, 0) is 0 Å². The molecule has 0 saturated carbocycles. The van der Waals surface area contributed by atoms with Crippen molar-refractivity contribution in [2.75, 3.05) is 0 Å². The van der Waals surface area contributed by atoms with Crippen molar-refractivity contribution in [3.05, 3.63) is 118 Å². The predicted molar refractivity (Wildman–Crippen MR) is 120 cm³/mol. The molecule has 1 amide bonds. The van der Waals surface area contributed by atoms with Gasteiger partial charge >= 0.3 is 0 Å². The topological polar surface area (TPSA) is 41.5 Å². The molecular formula is C24H19BrN2O. The summed E-state index contributed by atoms with van der Waals surface area (Å²) < 4.78 is 0.845. The Balaban J connectivity index is 1.80. The number of nitrogens with zero attached hydrogens (tertiary/aromatic N) is 1. The van der Waals surface area contributed by atoms with Gasteiger partial charge in [0.15, 0.2) is 0 Å². The van der Waals surface area contributed by atoms with Crippen molar-refractivity contribution >= 4 is 39.7 Å². The fourth-order valence-electron chi connectivity index (χ4n) is 2.43. The monoisotopic (exact) mass is 430 g/mol. The third-order valence-corrected chi connectivity index (χ3v) is 4.36. The van der Waals surface area contributed by atoms with E-state index in [1.807, 2.05) is 97.1 Å². The van der Waals surface area contributed by atoms with Gasteiger partial charge in [0.25, 0.3) is 5.91 Å². The maximum atomic E-state index is 12.4. The molecule has 0 unspecified atom stereocenters. The van der Waals surface area contributed by atoms with Gasteiger partial charge in [0.1, 0.15) is 0 Å². The zero-order valence-corrected chi connectivity index (χ0v) is 16.7. The van der Waals surface area contributed by atoms with Crippen molar-refractivity contribution in [2.24, 2.45) is 5.10 Å². The van der Waals surface area contributed by atoms with E-state index in [4.69, 9.17) is 0 Å². The summed E-state index contributed by atoms with van der Waals surface area (Å²) in [5, 5.41) is 4.29. The zero-order valence-electron chi connectivity index (χ0n) is 15.1. The number of benzene rings is 3. The van der Waals surface area contributed by atoms with Crippen LogP contribution in [0.2, 0.25) is 0 Å². The molecule has 0 spiro atoms. The molecule has 0 bridgehead atoms. The number of hydrogen-bond acceptors (Lipinski definition) is 2. The summed E-state index contributed by atoms with van der Waals surface area (Å²) >= 11 is 3.37. The van der Waals surface area contributed by atoms with Crippen LogP contribution in [0, 0.1) is 0 Å². The highest BCUT2D eigenvalue weighted by atomic mass is 79.9. The number of hydrogen-bond donors (Lipinski definition) is 1. The van der Waals surface area contributed by atoms with Crippen molar-refractivity contribution in [1.29, 1.82) is 0 Å². The van der Waals surface area contributed by atoms with E-state index in [1.54, 1.807) is 12.1 Å². The highest BCUT2D eigenvalue weighted by molar-refractivity contribution is 9.10. The molecular weight excluding hydrogens is 412 g/mol. The van der Waals surface area contributed by atoms with E-state index in [2.05, 4.69) is 26.5 Å². The Morgan fingerprint density at radius 3 is 1.89 bits per heavy atom. The summed E-state index contributed by atoms with van der Waals surface area (Å²) in [5.74, 6) is -0.264. The van der Waals surface area contributed by atoms with Gasteiger partial charge in [0.2, 0.25) is 0 Å². The summed E-state index contributed by atoms with van der Waals surface area (Å²) in [7, 11) is 0. The van der Waals surface area contributed by atoms with E-state index < -0.39 is 0 Å². The Bertz CT molecular complexity index is 958. The van der Waals surface area contributed by atoms with Gasteiger partial charge in [-0.25, -0.2) is 5.43 Å². The average molecular weight is 431 g/mol. The number of rotatable bonds is 6. The molecule has 0 aromatic heterocycles. The van der Waals surface area contributed by atoms with E-state index in [0.717, 1.165) is 15.6 Å². The Morgan fingerprint density at radius 1 is 0.786 bits per heavy atom. The molecule has 0 aliphatic heterocycles. The fraction of sp³-hybridized carbons (Fsp3) is 0. The number of nitrogens with one attached hydrogen (secondary N) is 1. The molecule has 28 heavy (non-hydrogen) atoms. The van der Waals surface area contributed by atoms with E-state index in [9.17, 15) is 4.79 Å². The second kappa shape index (κ2) is 10.2. The number of allylic oxidation sites excluding steroid dienone is 2. The smallest absolute Gasteiger partial charge is 0.267 e. The van der Waals surface area contributed by atoms with Crippen LogP contribution in [0.25, 0.3) is 12.2 Å². The molecule has 4 heteroatoms. The number of carbonyl (C=O) groups excluding carboxylic acids is 1. The number of halogens is 1. The van der Waals surface area contributed by atoms with Gasteiger partial charge in [-0.15, -0.1) is 0 Å². The van der Waals surface area contributed by atoms with Crippen molar-refractivity contribution in [3.8, 4) is 0 Å². The first kappa shape index (κ1) is 19.5. The van der Waals surface area contributed by atoms with Gasteiger partial charge in [0, 0.05) is 10.0 Å². The summed E-state index contributed by atoms with van der Waals surface area (Å²) in [6, 6.07) is 27.1. The van der Waals surface area contributed by atoms with Crippen LogP contribution >= 0.6 is 15.9 Å². The standard InChI is InChI=1S/C24H19BrN2O/c25-22-13-7-12-21(18-22)24(28)27-26-23(16-14-19-8-3-1-4-9-19)17-15-20-10-5-2-6-11-20/h1-18H,(H,27,28)/b16-14+,17-15+. The van der Waals surface area contributed by atoms with E-state index >= 15 is 0 Å². The highest BCUT2D eigenvalue weighted by Gasteiger charge is 2.04. The van der Waals surface area contributed by atoms with Crippen molar-refractivity contribution < 1.29 is 4.79 Å². The third-order valence-electron chi connectivity index (χ3n) is 3.87. The second-order valence-corrected chi connectivity index (χ2v) is 6.89. The molecule has 3 nitrogen and oxygen atoms in total. The lowest BCUT2D eigenvalue weighted by atomic mass is 10.1. The fourth-order valence-corrected chi connectivity index (χ4v) is 2.83. The van der Waals surface area contributed by atoms with Crippen LogP contribution in [0.1, 0.15) is 21.5 Å². The first-order chi connectivity index (χ1) is 13.7. The average Bonchev–Trinajstić information content (AvgIpc) is 2.74. The Hall–Kier alpha value is -3.24. The molecule has 0 fully saturated rings. The first-order valence-electron chi connectivity index (χ1n) is 8.80. The summed E-state index contributed by atoms with van der Waals surface area (Å²) in [6.45, 7) is 0. The van der Waals surface area contributed by atoms with Gasteiger partial charge in [-0.05, 0) is 41.5 Å². The van der Waals surface area contributed by atoms with Crippen LogP contribution in [0.5, 0.6) is 0 Å². The van der Waals surface area contributed by atoms with E-state index in [1.165, 1.54) is 0 Å². The van der Waals surface area contributed by atoms with Gasteiger partial charge in [-0.2, -0.15) is 5.10 Å². The lowest BCUT2D eigenvalue weighted by Crippen LogP contribution is -2.18. The SMILES string of the molecule is O=C(NN=C(/C=C/c1ccccc1)/C=C/c1ccccc1)c1cccc(Br)c1. The van der Waals surface area contributed by atoms with Crippen molar-refractivity contribution in [1.82, 2.24) is 5.43 Å². The van der Waals surface area contributed by atoms with Crippen LogP contribution in [0.4, 0.5) is 0 Å². The minimum atomic E-state index is -0.264. The number of amides is 1. The molecule has 3 aromatic carbocycles. The van der Waals surface area contributed by atoms with Gasteiger partial charge in [-0.3, -0.25) is 4.79 Å². The molecule has 0 aliphatic rings. The largest absolute Gasteiger partial charge is 0.271 e. The Kier molecular flexibility index (Phi) is 7.10. The maximum absolute atomic E-state index is 12.4. The normalized spacial score (nSPS) is 10.9. The summed E-state index contributed by atoms with van der Waals surface area (Å²) in [4.78, 5) is 12.4. The lowest BCUT2D eigenvalue weighted by molar-refractivity contribution is 0.0955. The van der Waals surface area contributed by atoms with Crippen molar-refractivity contribution in [2.45, 2.75) is 0 Å². The maximum Gasteiger partial charge on any atom is 0.271 e. The van der Waals surface area contributed by atoms with E-state index in [-0.39, 0.29) is 5.91 Å². The third kappa shape index (κ3) is 6.18. The Labute approximate surface area is 173 Å². The summed E-state index contributed by atoms with van der Waals surface area (Å²) in [6.07, 6.45) is 7.66. The molecule has 3 aromatic rings. The van der Waals surface area contributed by atoms with Crippen LogP contribution in [0.15, 0.2) is 107 Å². The molecule has 3 rings (SSSR count). The molecule has 0 heterocycles. The quantitative estimate of drug-likeness (QED) is 0.380. The first-order valence-corrected chi connectivity index (χ1v) is 9.60. The van der Waals surface area contributed by atoms with Crippen LogP contribution in [0.3, 0.4) is 0 Å². The molecule has 0 atom stereocenters. The number of hydrazone groups is 1. The van der Waals surface area contributed by atoms with Gasteiger partial charge < -0.3 is 0 Å². The van der Waals surface area contributed by atoms with Crippen molar-refractivity contribution in [3.63, 3.8) is 0 Å². The van der Waals surface area contributed by atoms with Gasteiger partial charge in [-0.1, -0.05) is 94.8 Å². The number of carbonyl (C=O) groups is 1. The van der Waals surface area contributed by atoms with Crippen LogP contribution < -0.4 is 5.43 Å². The highest BCUT2D eigenvalue weighted by Crippen LogP contribution is 2.11. The Morgan fingerprint density at radius 2 is 1.36 bits per heavy atom. The molecule has 138 valence electrons. The van der Waals surface area contributed by atoms with Gasteiger partial charge in [0.05, 0.1) is 5.71 Å². The summed E-state index contributed by atoms with van der Waals surface area (Å²) in [5.41, 5.74) is 5.91. The second-order valence-electron chi connectivity index (χ2n) is 5.98. The lowest BCUT2D eigenvalue weighted by Gasteiger charge is -2.02. The van der Waals surface area contributed by atoms with E-state index in [0.29, 0.717) is 11.3 Å². The molecule has 0 saturated heterocycles. The molecule has 0 radical (unpaired) electrons. The molecule has 0 aliphatic carbocycles. The zero-order chi connectivity index (χ0) is 19.6. The molecule has 1 N–H and O–H groups in total. The van der Waals surface area contributed by atoms with Crippen LogP contribution in [-0.4, -0.2) is 11.6 Å². The predicted octanol–water partition coefficient (Wildman–Crippen LogP) is 5.96. The minimum Gasteiger partial charge on any atom is -0.267 e. The minimum absolute atomic E-state index is 0.264.